The zero-order chi connectivity index (χ0) is 23.8. The average Bonchev–Trinajstić information content (AvgIpc) is 3.51. The summed E-state index contributed by atoms with van der Waals surface area (Å²) in [6.45, 7) is -0.232. The molecule has 2 aromatic carbocycles. The van der Waals surface area contributed by atoms with E-state index in [0.29, 0.717) is 11.5 Å². The van der Waals surface area contributed by atoms with Crippen LogP contribution in [-0.4, -0.2) is 47.4 Å². The smallest absolute Gasteiger partial charge is 0.314 e. The maximum absolute atomic E-state index is 14.6. The number of benzene rings is 2. The summed E-state index contributed by atoms with van der Waals surface area (Å²) in [4.78, 5) is 9.59. The summed E-state index contributed by atoms with van der Waals surface area (Å²) >= 11 is 0. The van der Waals surface area contributed by atoms with E-state index in [2.05, 4.69) is 45.3 Å². The fraction of sp³-hybridized carbons (Fsp3) is 0.150. The van der Waals surface area contributed by atoms with Gasteiger partial charge in [0.2, 0.25) is 11.8 Å². The van der Waals surface area contributed by atoms with Gasteiger partial charge in [-0.15, -0.1) is 20.4 Å². The molecule has 0 bridgehead atoms. The third-order valence-corrected chi connectivity index (χ3v) is 4.82. The van der Waals surface area contributed by atoms with Crippen molar-refractivity contribution in [1.29, 1.82) is 0 Å². The first-order valence-electron chi connectivity index (χ1n) is 9.74. The van der Waals surface area contributed by atoms with Crippen LogP contribution in [0.2, 0.25) is 0 Å². The highest BCUT2D eigenvalue weighted by atomic mass is 19.3. The lowest BCUT2D eigenvalue weighted by Gasteiger charge is -2.05. The molecule has 5 aromatic rings. The van der Waals surface area contributed by atoms with Crippen molar-refractivity contribution in [3.05, 3.63) is 59.6 Å². The van der Waals surface area contributed by atoms with Crippen molar-refractivity contribution in [3.63, 3.8) is 0 Å². The summed E-state index contributed by atoms with van der Waals surface area (Å²) in [5.41, 5.74) is 0.820. The van der Waals surface area contributed by atoms with Crippen LogP contribution in [0.1, 0.15) is 17.9 Å². The van der Waals surface area contributed by atoms with Gasteiger partial charge >= 0.3 is 6.43 Å². The summed E-state index contributed by atoms with van der Waals surface area (Å²) in [6.07, 6.45) is -1.38. The number of hydrogen-bond donors (Lipinski definition) is 1. The number of hydrogen-bond acceptors (Lipinski definition) is 9. The van der Waals surface area contributed by atoms with Crippen LogP contribution in [-0.2, 0) is 6.54 Å². The Morgan fingerprint density at radius 1 is 1.06 bits per heavy atom. The fourth-order valence-corrected chi connectivity index (χ4v) is 3.18. The van der Waals surface area contributed by atoms with E-state index in [-0.39, 0.29) is 17.9 Å². The van der Waals surface area contributed by atoms with E-state index in [1.54, 1.807) is 31.4 Å². The summed E-state index contributed by atoms with van der Waals surface area (Å²) in [7, 11) is 1.72. The van der Waals surface area contributed by atoms with E-state index in [0.717, 1.165) is 27.8 Å². The largest absolute Gasteiger partial charge is 0.415 e. The van der Waals surface area contributed by atoms with Gasteiger partial charge in [0.1, 0.15) is 11.6 Å². The Hall–Kier alpha value is -4.49. The Bertz CT molecular complexity index is 1500. The molecule has 14 heteroatoms. The van der Waals surface area contributed by atoms with E-state index in [9.17, 15) is 17.6 Å². The average molecular weight is 471 g/mol. The zero-order valence-corrected chi connectivity index (χ0v) is 17.2. The second kappa shape index (κ2) is 8.46. The number of fused-ring (bicyclic) bond motifs is 1. The van der Waals surface area contributed by atoms with Crippen LogP contribution in [0.4, 0.5) is 23.5 Å². The SMILES string of the molecule is CNc1ncc2cc(-c3nnn(Cc4cc(F)c(-c5nnc(C(F)F)o5)cc4F)n3)ccc2n1. The van der Waals surface area contributed by atoms with Gasteiger partial charge in [0.25, 0.3) is 11.8 Å². The summed E-state index contributed by atoms with van der Waals surface area (Å²) in [5, 5.41) is 22.1. The fourth-order valence-electron chi connectivity index (χ4n) is 3.18. The number of alkyl halides is 2. The lowest BCUT2D eigenvalue weighted by atomic mass is 10.1. The first-order chi connectivity index (χ1) is 16.4. The highest BCUT2D eigenvalue weighted by molar-refractivity contribution is 5.83. The van der Waals surface area contributed by atoms with Crippen LogP contribution in [0.5, 0.6) is 0 Å². The van der Waals surface area contributed by atoms with Gasteiger partial charge in [-0.3, -0.25) is 0 Å². The Morgan fingerprint density at radius 3 is 2.68 bits per heavy atom. The number of nitrogens with zero attached hydrogens (tertiary/aromatic N) is 8. The molecule has 0 radical (unpaired) electrons. The Balaban J connectivity index is 1.39. The predicted molar refractivity (Wildman–Crippen MR) is 110 cm³/mol. The molecule has 0 spiro atoms. The van der Waals surface area contributed by atoms with Gasteiger partial charge in [-0.05, 0) is 35.5 Å². The molecule has 0 aliphatic carbocycles. The third-order valence-electron chi connectivity index (χ3n) is 4.82. The van der Waals surface area contributed by atoms with Crippen molar-refractivity contribution in [2.45, 2.75) is 13.0 Å². The van der Waals surface area contributed by atoms with Crippen LogP contribution in [0.3, 0.4) is 0 Å². The monoisotopic (exact) mass is 471 g/mol. The third kappa shape index (κ3) is 4.00. The lowest BCUT2D eigenvalue weighted by molar-refractivity contribution is 0.116. The van der Waals surface area contributed by atoms with Crippen molar-refractivity contribution < 1.29 is 22.0 Å². The van der Waals surface area contributed by atoms with Crippen molar-refractivity contribution >= 4 is 16.9 Å². The molecule has 172 valence electrons. The van der Waals surface area contributed by atoms with Gasteiger partial charge < -0.3 is 9.73 Å². The van der Waals surface area contributed by atoms with Crippen LogP contribution < -0.4 is 5.32 Å². The lowest BCUT2D eigenvalue weighted by Crippen LogP contribution is -2.07. The molecule has 3 heterocycles. The minimum Gasteiger partial charge on any atom is -0.415 e. The maximum Gasteiger partial charge on any atom is 0.314 e. The zero-order valence-electron chi connectivity index (χ0n) is 17.2. The quantitative estimate of drug-likeness (QED) is 0.370. The van der Waals surface area contributed by atoms with Crippen LogP contribution in [0, 0.1) is 11.6 Å². The molecular weight excluding hydrogens is 458 g/mol. The summed E-state index contributed by atoms with van der Waals surface area (Å²) < 4.78 is 59.1. The molecule has 0 fully saturated rings. The number of anilines is 1. The van der Waals surface area contributed by atoms with Crippen molar-refractivity contribution in [3.8, 4) is 22.8 Å². The van der Waals surface area contributed by atoms with E-state index in [1.165, 1.54) is 0 Å². The molecule has 10 nitrogen and oxygen atoms in total. The van der Waals surface area contributed by atoms with Gasteiger partial charge in [-0.1, -0.05) is 0 Å². The topological polar surface area (TPSA) is 120 Å². The van der Waals surface area contributed by atoms with Gasteiger partial charge in [0.05, 0.1) is 17.6 Å². The van der Waals surface area contributed by atoms with Crippen LogP contribution in [0.15, 0.2) is 40.9 Å². The van der Waals surface area contributed by atoms with E-state index in [1.807, 2.05) is 0 Å². The number of nitrogens with one attached hydrogen (secondary N) is 1. The predicted octanol–water partition coefficient (Wildman–Crippen LogP) is 3.64. The second-order valence-electron chi connectivity index (χ2n) is 7.03. The van der Waals surface area contributed by atoms with Gasteiger partial charge in [0, 0.05) is 29.8 Å². The molecule has 5 rings (SSSR count). The molecule has 34 heavy (non-hydrogen) atoms. The van der Waals surface area contributed by atoms with Crippen molar-refractivity contribution in [2.75, 3.05) is 12.4 Å². The molecule has 0 atom stereocenters. The number of halogens is 4. The molecule has 0 aliphatic rings. The van der Waals surface area contributed by atoms with Gasteiger partial charge in [-0.25, -0.2) is 18.7 Å². The van der Waals surface area contributed by atoms with Gasteiger partial charge in [0.15, 0.2) is 0 Å². The minimum absolute atomic E-state index is 0.0923. The number of rotatable bonds is 6. The highest BCUT2D eigenvalue weighted by Crippen LogP contribution is 2.28. The Morgan fingerprint density at radius 2 is 1.91 bits per heavy atom. The first-order valence-corrected chi connectivity index (χ1v) is 9.74. The Labute approximate surface area is 187 Å². The number of aromatic nitrogens is 8. The first kappa shape index (κ1) is 21.4. The molecule has 1 N–H and O–H groups in total. The maximum atomic E-state index is 14.6. The summed E-state index contributed by atoms with van der Waals surface area (Å²) in [5.74, 6) is -2.56. The Kier molecular flexibility index (Phi) is 5.31. The number of tetrazole rings is 1. The van der Waals surface area contributed by atoms with Crippen LogP contribution in [0.25, 0.3) is 33.7 Å². The van der Waals surface area contributed by atoms with E-state index < -0.39 is 35.4 Å². The van der Waals surface area contributed by atoms with Crippen molar-refractivity contribution in [2.24, 2.45) is 0 Å². The molecule has 0 saturated heterocycles. The molecule has 0 amide bonds. The molecule has 3 aromatic heterocycles. The molecule has 0 saturated carbocycles. The standard InChI is InChI=1S/C20H13F4N9O/c1-25-20-26-7-10-4-9(2-3-15(10)27-20)17-28-32-33(31-17)8-11-5-14(22)12(6-13(11)21)18-29-30-19(34-18)16(23)24/h2-7,16H,8H2,1H3,(H,25,26,27). The highest BCUT2D eigenvalue weighted by Gasteiger charge is 2.21. The minimum atomic E-state index is -3.03. The normalized spacial score (nSPS) is 11.5. The molecular formula is C20H13F4N9O. The molecule has 0 unspecified atom stereocenters. The summed E-state index contributed by atoms with van der Waals surface area (Å²) in [6, 6.07) is 6.98. The van der Waals surface area contributed by atoms with E-state index >= 15 is 0 Å². The van der Waals surface area contributed by atoms with Gasteiger partial charge in [-0.2, -0.15) is 13.6 Å². The van der Waals surface area contributed by atoms with Crippen LogP contribution >= 0.6 is 0 Å². The second-order valence-corrected chi connectivity index (χ2v) is 7.03. The van der Waals surface area contributed by atoms with Crippen molar-refractivity contribution in [1.82, 2.24) is 40.4 Å². The van der Waals surface area contributed by atoms with E-state index in [4.69, 9.17) is 0 Å². The molecule has 0 aliphatic heterocycles.